The van der Waals surface area contributed by atoms with Crippen LogP contribution in [-0.4, -0.2) is 15.0 Å². The van der Waals surface area contributed by atoms with Crippen LogP contribution in [-0.2, 0) is 16.2 Å². The van der Waals surface area contributed by atoms with E-state index in [1.807, 2.05) is 36.9 Å². The van der Waals surface area contributed by atoms with Crippen molar-refractivity contribution in [2.24, 2.45) is 0 Å². The predicted octanol–water partition coefficient (Wildman–Crippen LogP) is 9.44. The fourth-order valence-electron chi connectivity index (χ4n) is 4.35. The zero-order valence-corrected chi connectivity index (χ0v) is 24.6. The van der Waals surface area contributed by atoms with Gasteiger partial charge in [-0.2, -0.15) is 0 Å². The highest BCUT2D eigenvalue weighted by atomic mass is 14.7. The van der Waals surface area contributed by atoms with E-state index in [0.717, 1.165) is 11.0 Å². The van der Waals surface area contributed by atoms with Crippen molar-refractivity contribution in [3.8, 4) is 0 Å². The Hall–Kier alpha value is -3.59. The van der Waals surface area contributed by atoms with Crippen molar-refractivity contribution in [3.63, 3.8) is 0 Å². The molecule has 5 rings (SSSR count). The number of hydrogen-bond donors (Lipinski definition) is 0. The monoisotopic (exact) mass is 505 g/mol. The molecule has 3 aromatic heterocycles. The van der Waals surface area contributed by atoms with Gasteiger partial charge in [-0.05, 0) is 69.3 Å². The average Bonchev–Trinajstić information content (AvgIpc) is 2.88. The number of para-hydroxylation sites is 2. The molecule has 0 radical (unpaired) electrons. The first-order valence-electron chi connectivity index (χ1n) is 13.4. The van der Waals surface area contributed by atoms with E-state index in [2.05, 4.69) is 138 Å². The fraction of sp³-hybridized carbons (Fsp3) is 0.343. The number of pyridine rings is 3. The molecule has 0 unspecified atom stereocenters. The first kappa shape index (κ1) is 29.0. The maximum absolute atomic E-state index is 4.36. The number of benzene rings is 2. The first-order chi connectivity index (χ1) is 17.8. The van der Waals surface area contributed by atoms with Gasteiger partial charge in [-0.25, -0.2) is 0 Å². The highest BCUT2D eigenvalue weighted by Crippen LogP contribution is 2.29. The molecular weight excluding hydrogens is 462 g/mol. The van der Waals surface area contributed by atoms with E-state index in [9.17, 15) is 0 Å². The van der Waals surface area contributed by atoms with Gasteiger partial charge in [0, 0.05) is 35.6 Å². The second-order valence-electron chi connectivity index (χ2n) is 12.7. The van der Waals surface area contributed by atoms with Crippen LogP contribution in [0.1, 0.15) is 79.0 Å². The van der Waals surface area contributed by atoms with Gasteiger partial charge in [-0.3, -0.25) is 15.0 Å². The topological polar surface area (TPSA) is 38.7 Å². The number of hydrogen-bond acceptors (Lipinski definition) is 3. The highest BCUT2D eigenvalue weighted by Gasteiger charge is 2.17. The lowest BCUT2D eigenvalue weighted by Gasteiger charge is -2.20. The van der Waals surface area contributed by atoms with E-state index in [1.165, 1.54) is 27.5 Å². The van der Waals surface area contributed by atoms with Crippen LogP contribution in [0.5, 0.6) is 0 Å². The summed E-state index contributed by atoms with van der Waals surface area (Å²) >= 11 is 0. The molecular formula is C35H43N3. The van der Waals surface area contributed by atoms with Crippen molar-refractivity contribution in [1.29, 1.82) is 0 Å². The van der Waals surface area contributed by atoms with E-state index < -0.39 is 0 Å². The van der Waals surface area contributed by atoms with E-state index in [-0.39, 0.29) is 16.2 Å². The molecule has 0 fully saturated rings. The van der Waals surface area contributed by atoms with Crippen LogP contribution in [0.4, 0.5) is 0 Å². The summed E-state index contributed by atoms with van der Waals surface area (Å²) in [7, 11) is 0. The Morgan fingerprint density at radius 1 is 0.421 bits per heavy atom. The van der Waals surface area contributed by atoms with Crippen LogP contribution >= 0.6 is 0 Å². The Morgan fingerprint density at radius 3 is 1.16 bits per heavy atom. The van der Waals surface area contributed by atoms with Gasteiger partial charge in [0.25, 0.3) is 0 Å². The van der Waals surface area contributed by atoms with Crippen molar-refractivity contribution in [2.45, 2.75) is 78.6 Å². The summed E-state index contributed by atoms with van der Waals surface area (Å²) in [6.07, 6.45) is 7.45. The second kappa shape index (κ2) is 11.9. The van der Waals surface area contributed by atoms with Crippen molar-refractivity contribution >= 4 is 21.8 Å². The van der Waals surface area contributed by atoms with Crippen LogP contribution in [0.25, 0.3) is 21.8 Å². The van der Waals surface area contributed by atoms with E-state index in [0.29, 0.717) is 0 Å². The first-order valence-corrected chi connectivity index (χ1v) is 13.4. The molecule has 3 heteroatoms. The summed E-state index contributed by atoms with van der Waals surface area (Å²) in [6, 6.07) is 24.9. The molecule has 0 N–H and O–H groups in total. The highest BCUT2D eigenvalue weighted by molar-refractivity contribution is 5.83. The Bertz CT molecular complexity index is 1350. The smallest absolute Gasteiger partial charge is 0.0704 e. The molecule has 38 heavy (non-hydrogen) atoms. The summed E-state index contributed by atoms with van der Waals surface area (Å²) in [6.45, 7) is 20.0. The summed E-state index contributed by atoms with van der Waals surface area (Å²) in [4.78, 5) is 12.7. The molecule has 0 bridgehead atoms. The maximum Gasteiger partial charge on any atom is 0.0704 e. The van der Waals surface area contributed by atoms with E-state index in [1.54, 1.807) is 0 Å². The number of fused-ring (bicyclic) bond motifs is 2. The van der Waals surface area contributed by atoms with Gasteiger partial charge in [0.1, 0.15) is 0 Å². The lowest BCUT2D eigenvalue weighted by Crippen LogP contribution is -2.11. The Balaban J connectivity index is 0.000000161. The van der Waals surface area contributed by atoms with Crippen LogP contribution in [0, 0.1) is 0 Å². The molecule has 0 aliphatic heterocycles. The second-order valence-corrected chi connectivity index (χ2v) is 12.7. The fourth-order valence-corrected chi connectivity index (χ4v) is 4.35. The van der Waals surface area contributed by atoms with Gasteiger partial charge in [-0.15, -0.1) is 0 Å². The Labute approximate surface area is 229 Å². The van der Waals surface area contributed by atoms with E-state index >= 15 is 0 Å². The summed E-state index contributed by atoms with van der Waals surface area (Å²) in [5, 5.41) is 2.53. The molecule has 0 atom stereocenters. The van der Waals surface area contributed by atoms with Crippen molar-refractivity contribution in [3.05, 3.63) is 114 Å². The van der Waals surface area contributed by atoms with Crippen molar-refractivity contribution < 1.29 is 0 Å². The zero-order valence-electron chi connectivity index (χ0n) is 24.6. The van der Waals surface area contributed by atoms with Gasteiger partial charge in [0.05, 0.1) is 11.0 Å². The van der Waals surface area contributed by atoms with Crippen LogP contribution < -0.4 is 0 Å². The average molecular weight is 506 g/mol. The molecule has 0 saturated heterocycles. The van der Waals surface area contributed by atoms with Gasteiger partial charge in [-0.1, -0.05) is 98.7 Å². The quantitative estimate of drug-likeness (QED) is 0.210. The van der Waals surface area contributed by atoms with Crippen LogP contribution in [0.15, 0.2) is 97.6 Å². The third-order valence-corrected chi connectivity index (χ3v) is 6.46. The molecule has 198 valence electrons. The minimum Gasteiger partial charge on any atom is -0.265 e. The number of rotatable bonds is 0. The molecule has 0 aliphatic rings. The molecule has 2 aromatic carbocycles. The predicted molar refractivity (Wildman–Crippen MR) is 164 cm³/mol. The van der Waals surface area contributed by atoms with Gasteiger partial charge in [0.15, 0.2) is 0 Å². The summed E-state index contributed by atoms with van der Waals surface area (Å²) in [5.41, 5.74) is 6.85. The van der Waals surface area contributed by atoms with E-state index in [4.69, 9.17) is 0 Å². The normalized spacial score (nSPS) is 11.8. The molecule has 0 aliphatic carbocycles. The molecule has 0 saturated carbocycles. The Kier molecular flexibility index (Phi) is 9.04. The summed E-state index contributed by atoms with van der Waals surface area (Å²) in [5.74, 6) is 0. The van der Waals surface area contributed by atoms with Gasteiger partial charge < -0.3 is 0 Å². The maximum atomic E-state index is 4.36. The SMILES string of the molecule is CC(C)(C)c1ccnc2ccccc12.CC(C)(C)c1ccnc2ccccc12.CC(C)(C)c1ccncc1. The standard InChI is InChI=1S/2C13H15N.C9H13N/c2*1-13(2,3)11-8-9-14-12-7-5-4-6-10(11)12;1-9(2,3)8-4-6-10-7-5-8/h2*4-9H,1-3H3;4-7H,1-3H3. The lowest BCUT2D eigenvalue weighted by atomic mass is 9.85. The van der Waals surface area contributed by atoms with Gasteiger partial charge in [0.2, 0.25) is 0 Å². The molecule has 3 nitrogen and oxygen atoms in total. The molecule has 3 heterocycles. The minimum atomic E-state index is 0.183. The Morgan fingerprint density at radius 2 is 0.816 bits per heavy atom. The van der Waals surface area contributed by atoms with Crippen molar-refractivity contribution in [2.75, 3.05) is 0 Å². The minimum absolute atomic E-state index is 0.183. The largest absolute Gasteiger partial charge is 0.265 e. The number of nitrogens with zero attached hydrogens (tertiary/aromatic N) is 3. The lowest BCUT2D eigenvalue weighted by molar-refractivity contribution is 0.589. The molecule has 5 aromatic rings. The number of aromatic nitrogens is 3. The van der Waals surface area contributed by atoms with Crippen LogP contribution in [0.3, 0.4) is 0 Å². The van der Waals surface area contributed by atoms with Crippen LogP contribution in [0.2, 0.25) is 0 Å². The third kappa shape index (κ3) is 7.71. The third-order valence-electron chi connectivity index (χ3n) is 6.46. The van der Waals surface area contributed by atoms with Crippen molar-refractivity contribution in [1.82, 2.24) is 15.0 Å². The molecule has 0 spiro atoms. The van der Waals surface area contributed by atoms with Gasteiger partial charge >= 0.3 is 0 Å². The zero-order chi connectivity index (χ0) is 28.0. The molecule has 0 amide bonds. The summed E-state index contributed by atoms with van der Waals surface area (Å²) < 4.78 is 0.